The van der Waals surface area contributed by atoms with E-state index in [-0.39, 0.29) is 11.8 Å². The molecular weight excluding hydrogens is 374 g/mol. The lowest BCUT2D eigenvalue weighted by Crippen LogP contribution is -2.48. The predicted octanol–water partition coefficient (Wildman–Crippen LogP) is 3.58. The van der Waals surface area contributed by atoms with Gasteiger partial charge in [0.05, 0.1) is 0 Å². The zero-order valence-electron chi connectivity index (χ0n) is 16.8. The van der Waals surface area contributed by atoms with E-state index in [1.165, 1.54) is 5.69 Å². The summed E-state index contributed by atoms with van der Waals surface area (Å²) in [5, 5.41) is 2.91. The molecule has 1 saturated heterocycles. The highest BCUT2D eigenvalue weighted by molar-refractivity contribution is 5.97. The Morgan fingerprint density at radius 3 is 1.90 bits per heavy atom. The van der Waals surface area contributed by atoms with Gasteiger partial charge in [-0.2, -0.15) is 0 Å². The molecule has 1 aliphatic rings. The Morgan fingerprint density at radius 2 is 1.27 bits per heavy atom. The zero-order valence-corrected chi connectivity index (χ0v) is 16.8. The fourth-order valence-corrected chi connectivity index (χ4v) is 3.63. The van der Waals surface area contributed by atoms with Crippen molar-refractivity contribution in [2.45, 2.75) is 6.54 Å². The summed E-state index contributed by atoms with van der Waals surface area (Å²) in [6.07, 6.45) is 0. The van der Waals surface area contributed by atoms with E-state index < -0.39 is 0 Å². The van der Waals surface area contributed by atoms with Crippen LogP contribution in [0.5, 0.6) is 0 Å². The lowest BCUT2D eigenvalue weighted by Gasteiger charge is -2.36. The quantitative estimate of drug-likeness (QED) is 0.714. The van der Waals surface area contributed by atoms with Crippen LogP contribution in [-0.4, -0.2) is 42.9 Å². The Morgan fingerprint density at radius 1 is 0.700 bits per heavy atom. The summed E-state index contributed by atoms with van der Waals surface area (Å²) in [6.45, 7) is 3.48. The summed E-state index contributed by atoms with van der Waals surface area (Å²) in [5.74, 6) is -0.131. The number of hydrogen-bond donors (Lipinski definition) is 1. The van der Waals surface area contributed by atoms with E-state index in [0.29, 0.717) is 30.8 Å². The zero-order chi connectivity index (χ0) is 20.8. The minimum absolute atomic E-state index is 0.0129. The largest absolute Gasteiger partial charge is 0.368 e. The minimum atomic E-state index is -0.144. The topological polar surface area (TPSA) is 52.7 Å². The van der Waals surface area contributed by atoms with Crippen molar-refractivity contribution in [1.82, 2.24) is 10.2 Å². The molecule has 1 aliphatic heterocycles. The summed E-state index contributed by atoms with van der Waals surface area (Å²) in [4.78, 5) is 29.4. The molecular formula is C25H25N3O2. The van der Waals surface area contributed by atoms with Gasteiger partial charge >= 0.3 is 0 Å². The summed E-state index contributed by atoms with van der Waals surface area (Å²) in [7, 11) is 0. The first kappa shape index (κ1) is 19.7. The summed E-state index contributed by atoms with van der Waals surface area (Å²) >= 11 is 0. The Balaban J connectivity index is 1.31. The van der Waals surface area contributed by atoms with E-state index in [9.17, 15) is 9.59 Å². The van der Waals surface area contributed by atoms with Crippen molar-refractivity contribution in [2.24, 2.45) is 0 Å². The van der Waals surface area contributed by atoms with Crippen LogP contribution in [0.15, 0.2) is 84.9 Å². The standard InChI is InChI=1S/C25H25N3O2/c29-24(26-19-20-7-3-1-4-8-20)21-11-13-22(14-12-21)25(30)28-17-15-27(16-18-28)23-9-5-2-6-10-23/h1-14H,15-19H2,(H,26,29). The van der Waals surface area contributed by atoms with Crippen LogP contribution in [0.4, 0.5) is 5.69 Å². The number of rotatable bonds is 5. The number of hydrogen-bond acceptors (Lipinski definition) is 3. The smallest absolute Gasteiger partial charge is 0.253 e. The maximum atomic E-state index is 12.8. The fourth-order valence-electron chi connectivity index (χ4n) is 3.63. The predicted molar refractivity (Wildman–Crippen MR) is 119 cm³/mol. The van der Waals surface area contributed by atoms with Gasteiger partial charge in [0.25, 0.3) is 11.8 Å². The summed E-state index contributed by atoms with van der Waals surface area (Å²) < 4.78 is 0. The number of nitrogens with zero attached hydrogens (tertiary/aromatic N) is 2. The van der Waals surface area contributed by atoms with Crippen LogP contribution >= 0.6 is 0 Å². The Kier molecular flexibility index (Phi) is 6.09. The van der Waals surface area contributed by atoms with Gasteiger partial charge in [-0.25, -0.2) is 0 Å². The van der Waals surface area contributed by atoms with Crippen LogP contribution in [0.1, 0.15) is 26.3 Å². The number of carbonyl (C=O) groups excluding carboxylic acids is 2. The van der Waals surface area contributed by atoms with E-state index in [4.69, 9.17) is 0 Å². The van der Waals surface area contributed by atoms with Crippen LogP contribution in [0, 0.1) is 0 Å². The van der Waals surface area contributed by atoms with Crippen molar-refractivity contribution >= 4 is 17.5 Å². The number of piperazine rings is 1. The highest BCUT2D eigenvalue weighted by Gasteiger charge is 2.22. The number of anilines is 1. The molecule has 1 fully saturated rings. The average molecular weight is 399 g/mol. The van der Waals surface area contributed by atoms with Crippen molar-refractivity contribution in [3.8, 4) is 0 Å². The van der Waals surface area contributed by atoms with Crippen LogP contribution < -0.4 is 10.2 Å². The Labute approximate surface area is 176 Å². The number of nitrogens with one attached hydrogen (secondary N) is 1. The van der Waals surface area contributed by atoms with Gasteiger partial charge < -0.3 is 15.1 Å². The fraction of sp³-hybridized carbons (Fsp3) is 0.200. The normalized spacial score (nSPS) is 13.7. The molecule has 0 unspecified atom stereocenters. The average Bonchev–Trinajstić information content (AvgIpc) is 2.83. The molecule has 0 aliphatic carbocycles. The van der Waals surface area contributed by atoms with Gasteiger partial charge in [-0.15, -0.1) is 0 Å². The second-order valence-corrected chi connectivity index (χ2v) is 7.36. The number of carbonyl (C=O) groups is 2. The number of amides is 2. The van der Waals surface area contributed by atoms with Crippen LogP contribution in [0.2, 0.25) is 0 Å². The van der Waals surface area contributed by atoms with Gasteiger partial charge in [0.1, 0.15) is 0 Å². The molecule has 1 N–H and O–H groups in total. The number of benzene rings is 3. The molecule has 1 heterocycles. The van der Waals surface area contributed by atoms with Crippen LogP contribution in [-0.2, 0) is 6.54 Å². The lowest BCUT2D eigenvalue weighted by molar-refractivity contribution is 0.0746. The monoisotopic (exact) mass is 399 g/mol. The highest BCUT2D eigenvalue weighted by Crippen LogP contribution is 2.17. The molecule has 4 rings (SSSR count). The molecule has 0 bridgehead atoms. The molecule has 5 heteroatoms. The summed E-state index contributed by atoms with van der Waals surface area (Å²) in [6, 6.07) is 27.0. The molecule has 0 atom stereocenters. The molecule has 0 radical (unpaired) electrons. The molecule has 30 heavy (non-hydrogen) atoms. The van der Waals surface area contributed by atoms with E-state index in [1.54, 1.807) is 24.3 Å². The first-order chi connectivity index (χ1) is 14.7. The van der Waals surface area contributed by atoms with E-state index >= 15 is 0 Å². The number of para-hydroxylation sites is 1. The minimum Gasteiger partial charge on any atom is -0.368 e. The van der Waals surface area contributed by atoms with E-state index in [0.717, 1.165) is 18.7 Å². The van der Waals surface area contributed by atoms with E-state index in [1.807, 2.05) is 53.4 Å². The second kappa shape index (κ2) is 9.27. The molecule has 0 aromatic heterocycles. The summed E-state index contributed by atoms with van der Waals surface area (Å²) in [5.41, 5.74) is 3.40. The first-order valence-electron chi connectivity index (χ1n) is 10.2. The molecule has 152 valence electrons. The van der Waals surface area contributed by atoms with Gasteiger partial charge in [0.2, 0.25) is 0 Å². The maximum Gasteiger partial charge on any atom is 0.253 e. The van der Waals surface area contributed by atoms with Crippen molar-refractivity contribution < 1.29 is 9.59 Å². The van der Waals surface area contributed by atoms with Gasteiger partial charge in [-0.1, -0.05) is 48.5 Å². The Bertz CT molecular complexity index is 980. The molecule has 3 aromatic carbocycles. The van der Waals surface area contributed by atoms with Gasteiger partial charge in [0.15, 0.2) is 0 Å². The van der Waals surface area contributed by atoms with Gasteiger partial charge in [-0.3, -0.25) is 9.59 Å². The van der Waals surface area contributed by atoms with Crippen molar-refractivity contribution in [3.05, 3.63) is 102 Å². The second-order valence-electron chi connectivity index (χ2n) is 7.36. The highest BCUT2D eigenvalue weighted by atomic mass is 16.2. The third-order valence-electron chi connectivity index (χ3n) is 5.38. The third-order valence-corrected chi connectivity index (χ3v) is 5.38. The molecule has 0 saturated carbocycles. The molecule has 5 nitrogen and oxygen atoms in total. The maximum absolute atomic E-state index is 12.8. The van der Waals surface area contributed by atoms with Crippen LogP contribution in [0.25, 0.3) is 0 Å². The van der Waals surface area contributed by atoms with Crippen molar-refractivity contribution in [2.75, 3.05) is 31.1 Å². The van der Waals surface area contributed by atoms with Crippen molar-refractivity contribution in [1.29, 1.82) is 0 Å². The lowest BCUT2D eigenvalue weighted by atomic mass is 10.1. The van der Waals surface area contributed by atoms with Gasteiger partial charge in [-0.05, 0) is 42.0 Å². The SMILES string of the molecule is O=C(NCc1ccccc1)c1ccc(C(=O)N2CCN(c3ccccc3)CC2)cc1. The van der Waals surface area contributed by atoms with Crippen molar-refractivity contribution in [3.63, 3.8) is 0 Å². The first-order valence-corrected chi connectivity index (χ1v) is 10.2. The molecule has 3 aromatic rings. The third kappa shape index (κ3) is 4.69. The van der Waals surface area contributed by atoms with Crippen LogP contribution in [0.3, 0.4) is 0 Å². The van der Waals surface area contributed by atoms with Gasteiger partial charge in [0, 0.05) is 49.5 Å². The molecule has 0 spiro atoms. The van der Waals surface area contributed by atoms with E-state index in [2.05, 4.69) is 22.3 Å². The molecule has 2 amide bonds. The Hall–Kier alpha value is -3.60.